The molecule has 0 bridgehead atoms. The molecule has 1 saturated heterocycles. The topological polar surface area (TPSA) is 66.6 Å². The Morgan fingerprint density at radius 2 is 1.59 bits per heavy atom. The highest BCUT2D eigenvalue weighted by Crippen LogP contribution is 2.41. The first-order chi connectivity index (χ1) is 15.7. The highest BCUT2D eigenvalue weighted by Gasteiger charge is 2.52. The Kier molecular flexibility index (Phi) is 6.75. The lowest BCUT2D eigenvalue weighted by atomic mass is 9.86. The number of carbonyl (C=O) groups excluding carboxylic acids is 2. The molecule has 2 aromatic rings. The number of nitrogens with zero attached hydrogens (tertiary/aromatic N) is 2. The molecule has 13 heteroatoms. The van der Waals surface area contributed by atoms with E-state index in [1.807, 2.05) is 0 Å². The maximum absolute atomic E-state index is 14.6. The molecule has 0 aromatic heterocycles. The number of halogens is 8. The lowest BCUT2D eigenvalue weighted by molar-refractivity contribution is -0.143. The van der Waals surface area contributed by atoms with E-state index >= 15 is 0 Å². The van der Waals surface area contributed by atoms with E-state index in [4.69, 9.17) is 17.3 Å². The van der Waals surface area contributed by atoms with Crippen LogP contribution >= 0.6 is 11.6 Å². The molecule has 3 rings (SSSR count). The Morgan fingerprint density at radius 1 is 1.06 bits per heavy atom. The third kappa shape index (κ3) is 4.26. The van der Waals surface area contributed by atoms with E-state index in [0.29, 0.717) is 10.6 Å². The zero-order valence-electron chi connectivity index (χ0n) is 17.4. The van der Waals surface area contributed by atoms with Gasteiger partial charge in [0.1, 0.15) is 16.8 Å². The molecule has 1 unspecified atom stereocenters. The van der Waals surface area contributed by atoms with Gasteiger partial charge in [0.2, 0.25) is 0 Å². The van der Waals surface area contributed by atoms with Crippen LogP contribution in [0.1, 0.15) is 24.0 Å². The molecule has 3 amide bonds. The zero-order valence-corrected chi connectivity index (χ0v) is 18.2. The van der Waals surface area contributed by atoms with Gasteiger partial charge in [0.25, 0.3) is 5.91 Å². The molecule has 5 nitrogen and oxygen atoms in total. The van der Waals surface area contributed by atoms with E-state index in [1.165, 1.54) is 24.3 Å². The standard InChI is InChI=1S/C21H17ClF7N3O2/c1-31(17-15(25)13(23)12(21(27,28)29)14(24)16(17)26)18(33)20(7-2-8-32(20)19(30)34)9-10-3-5-11(22)6-4-10/h3-6H,2,7-9H2,1H3,(H2,30,34). The average Bonchev–Trinajstić information content (AvgIpc) is 3.17. The summed E-state index contributed by atoms with van der Waals surface area (Å²) in [5.41, 5.74) is -0.390. The van der Waals surface area contributed by atoms with Crippen molar-refractivity contribution in [1.29, 1.82) is 0 Å². The SMILES string of the molecule is CN(C(=O)C1(Cc2ccc(Cl)cc2)CCCN1C(N)=O)c1c(F)c(F)c(C(F)(F)F)c(F)c1F. The molecular weight excluding hydrogens is 495 g/mol. The largest absolute Gasteiger partial charge is 0.422 e. The molecule has 2 aromatic carbocycles. The van der Waals surface area contributed by atoms with E-state index in [1.54, 1.807) is 0 Å². The highest BCUT2D eigenvalue weighted by molar-refractivity contribution is 6.30. The van der Waals surface area contributed by atoms with E-state index < -0.39 is 58.2 Å². The second-order valence-corrected chi connectivity index (χ2v) is 8.21. The monoisotopic (exact) mass is 511 g/mol. The number of alkyl halides is 3. The number of carbonyl (C=O) groups is 2. The molecule has 0 spiro atoms. The van der Waals surface area contributed by atoms with E-state index in [0.717, 1.165) is 11.9 Å². The summed E-state index contributed by atoms with van der Waals surface area (Å²) < 4.78 is 96.2. The van der Waals surface area contributed by atoms with Crippen LogP contribution in [0.4, 0.5) is 41.2 Å². The van der Waals surface area contributed by atoms with Gasteiger partial charge in [0.15, 0.2) is 23.3 Å². The molecule has 184 valence electrons. The Labute approximate surface area is 193 Å². The molecule has 34 heavy (non-hydrogen) atoms. The molecule has 0 radical (unpaired) electrons. The second kappa shape index (κ2) is 8.97. The van der Waals surface area contributed by atoms with Gasteiger partial charge in [-0.2, -0.15) is 13.2 Å². The maximum Gasteiger partial charge on any atom is 0.422 e. The van der Waals surface area contributed by atoms with Crippen molar-refractivity contribution in [3.8, 4) is 0 Å². The van der Waals surface area contributed by atoms with Gasteiger partial charge in [-0.3, -0.25) is 4.79 Å². The minimum atomic E-state index is -5.74. The van der Waals surface area contributed by atoms with Gasteiger partial charge in [0.05, 0.1) is 0 Å². The lowest BCUT2D eigenvalue weighted by Gasteiger charge is -2.39. The van der Waals surface area contributed by atoms with Gasteiger partial charge in [-0.25, -0.2) is 22.4 Å². The van der Waals surface area contributed by atoms with Gasteiger partial charge in [-0.15, -0.1) is 0 Å². The zero-order chi connectivity index (χ0) is 25.6. The van der Waals surface area contributed by atoms with Crippen LogP contribution < -0.4 is 10.6 Å². The number of primary amides is 1. The van der Waals surface area contributed by atoms with E-state index in [9.17, 15) is 40.3 Å². The minimum absolute atomic E-state index is 0.0107. The molecule has 1 aliphatic heterocycles. The Morgan fingerprint density at radius 3 is 2.06 bits per heavy atom. The van der Waals surface area contributed by atoms with Crippen LogP contribution in [0.2, 0.25) is 5.02 Å². The first-order valence-electron chi connectivity index (χ1n) is 9.75. The van der Waals surface area contributed by atoms with Crippen LogP contribution in [-0.2, 0) is 17.4 Å². The fourth-order valence-electron chi connectivity index (χ4n) is 4.20. The second-order valence-electron chi connectivity index (χ2n) is 7.77. The molecule has 0 saturated carbocycles. The summed E-state index contributed by atoms with van der Waals surface area (Å²) in [5.74, 6) is -11.4. The van der Waals surface area contributed by atoms with Crippen LogP contribution in [0.5, 0.6) is 0 Å². The number of benzene rings is 2. The molecule has 1 heterocycles. The quantitative estimate of drug-likeness (QED) is 0.462. The van der Waals surface area contributed by atoms with Crippen LogP contribution in [0.25, 0.3) is 0 Å². The highest BCUT2D eigenvalue weighted by atomic mass is 35.5. The van der Waals surface area contributed by atoms with Crippen molar-refractivity contribution in [2.75, 3.05) is 18.5 Å². The summed E-state index contributed by atoms with van der Waals surface area (Å²) in [4.78, 5) is 26.7. The molecule has 0 aliphatic carbocycles. The van der Waals surface area contributed by atoms with Gasteiger partial charge in [0, 0.05) is 25.0 Å². The Bertz CT molecular complexity index is 1110. The minimum Gasteiger partial charge on any atom is -0.351 e. The third-order valence-electron chi connectivity index (χ3n) is 5.73. The van der Waals surface area contributed by atoms with Crippen molar-refractivity contribution in [1.82, 2.24) is 4.90 Å². The first-order valence-corrected chi connectivity index (χ1v) is 10.1. The number of likely N-dealkylation sites (tertiary alicyclic amines) is 1. The van der Waals surface area contributed by atoms with Gasteiger partial charge >= 0.3 is 12.2 Å². The molecule has 2 N–H and O–H groups in total. The fourth-order valence-corrected chi connectivity index (χ4v) is 4.32. The van der Waals surface area contributed by atoms with Crippen LogP contribution in [-0.4, -0.2) is 36.0 Å². The number of anilines is 1. The first kappa shape index (κ1) is 25.6. The van der Waals surface area contributed by atoms with Crippen molar-refractivity contribution < 1.29 is 40.3 Å². The smallest absolute Gasteiger partial charge is 0.351 e. The number of rotatable bonds is 4. The average molecular weight is 512 g/mol. The van der Waals surface area contributed by atoms with Crippen molar-refractivity contribution in [3.05, 3.63) is 63.7 Å². The summed E-state index contributed by atoms with van der Waals surface area (Å²) in [6.45, 7) is -0.0107. The van der Waals surface area contributed by atoms with Gasteiger partial charge in [-0.05, 0) is 30.5 Å². The summed E-state index contributed by atoms with van der Waals surface area (Å²) in [7, 11) is 0.733. The van der Waals surface area contributed by atoms with Crippen molar-refractivity contribution in [3.63, 3.8) is 0 Å². The van der Waals surface area contributed by atoms with Gasteiger partial charge < -0.3 is 15.5 Å². The molecule has 1 atom stereocenters. The van der Waals surface area contributed by atoms with Gasteiger partial charge in [-0.1, -0.05) is 23.7 Å². The third-order valence-corrected chi connectivity index (χ3v) is 5.98. The maximum atomic E-state index is 14.6. The number of urea groups is 1. The molecular formula is C21H17ClF7N3O2. The number of hydrogen-bond acceptors (Lipinski definition) is 2. The van der Waals surface area contributed by atoms with Crippen molar-refractivity contribution in [2.24, 2.45) is 5.73 Å². The normalized spacial score (nSPS) is 18.3. The van der Waals surface area contributed by atoms with Crippen LogP contribution in [0.3, 0.4) is 0 Å². The number of hydrogen-bond donors (Lipinski definition) is 1. The van der Waals surface area contributed by atoms with Crippen molar-refractivity contribution in [2.45, 2.75) is 31.0 Å². The molecule has 1 fully saturated rings. The van der Waals surface area contributed by atoms with Crippen LogP contribution in [0.15, 0.2) is 24.3 Å². The van der Waals surface area contributed by atoms with E-state index in [2.05, 4.69) is 0 Å². The predicted octanol–water partition coefficient (Wildman–Crippen LogP) is 5.03. The number of amides is 3. The van der Waals surface area contributed by atoms with Crippen molar-refractivity contribution >= 4 is 29.2 Å². The Hall–Kier alpha value is -3.02. The summed E-state index contributed by atoms with van der Waals surface area (Å²) in [6, 6.07) is 4.98. The summed E-state index contributed by atoms with van der Waals surface area (Å²) in [6.07, 6.45) is -5.75. The van der Waals surface area contributed by atoms with Crippen LogP contribution in [0, 0.1) is 23.3 Å². The summed E-state index contributed by atoms with van der Waals surface area (Å²) in [5, 5.41) is 0.360. The summed E-state index contributed by atoms with van der Waals surface area (Å²) >= 11 is 5.85. The van der Waals surface area contributed by atoms with E-state index in [-0.39, 0.29) is 30.7 Å². The number of nitrogens with two attached hydrogens (primary N) is 1. The molecule has 1 aliphatic rings. The lowest BCUT2D eigenvalue weighted by Crippen LogP contribution is -2.60. The Balaban J connectivity index is 2.14. The predicted molar refractivity (Wildman–Crippen MR) is 108 cm³/mol. The number of likely N-dealkylation sites (N-methyl/N-ethyl adjacent to an activating group) is 1. The fraction of sp³-hybridized carbons (Fsp3) is 0.333.